The van der Waals surface area contributed by atoms with Crippen molar-refractivity contribution in [1.29, 1.82) is 0 Å². The summed E-state index contributed by atoms with van der Waals surface area (Å²) < 4.78 is 36.6. The van der Waals surface area contributed by atoms with Crippen LogP contribution in [0.15, 0.2) is 22.7 Å². The number of aliphatic hydroxyl groups is 1. The molecule has 0 aromatic heterocycles. The highest BCUT2D eigenvalue weighted by atomic mass is 79.9. The van der Waals surface area contributed by atoms with Gasteiger partial charge in [0.25, 0.3) is 0 Å². The minimum atomic E-state index is -4.34. The Morgan fingerprint density at radius 3 is 2.31 bits per heavy atom. The average Bonchev–Trinajstić information content (AvgIpc) is 2.02. The number of benzene rings is 1. The van der Waals surface area contributed by atoms with Gasteiger partial charge in [-0.25, -0.2) is 0 Å². The van der Waals surface area contributed by atoms with E-state index in [0.717, 1.165) is 12.1 Å². The summed E-state index contributed by atoms with van der Waals surface area (Å²) in [7, 11) is 0. The summed E-state index contributed by atoms with van der Waals surface area (Å²) in [4.78, 5) is 0. The molecule has 1 rings (SSSR count). The molecule has 0 spiro atoms. The van der Waals surface area contributed by atoms with Crippen molar-refractivity contribution in [3.05, 3.63) is 33.8 Å². The van der Waals surface area contributed by atoms with Gasteiger partial charge in [-0.3, -0.25) is 0 Å². The van der Waals surface area contributed by atoms with Crippen molar-refractivity contribution in [2.75, 3.05) is 0 Å². The van der Waals surface area contributed by atoms with Crippen molar-refractivity contribution in [2.45, 2.75) is 12.8 Å². The SMILES string of the molecule is OCc1ccc(C(F)(F)F)cc1Br. The lowest BCUT2D eigenvalue weighted by molar-refractivity contribution is -0.137. The second kappa shape index (κ2) is 3.67. The van der Waals surface area contributed by atoms with Crippen molar-refractivity contribution in [3.8, 4) is 0 Å². The van der Waals surface area contributed by atoms with Gasteiger partial charge in [-0.15, -0.1) is 0 Å². The summed E-state index contributed by atoms with van der Waals surface area (Å²) in [6, 6.07) is 3.13. The van der Waals surface area contributed by atoms with Gasteiger partial charge in [0.1, 0.15) is 0 Å². The van der Waals surface area contributed by atoms with Crippen LogP contribution in [0.2, 0.25) is 0 Å². The van der Waals surface area contributed by atoms with Gasteiger partial charge in [0, 0.05) is 4.47 Å². The van der Waals surface area contributed by atoms with Gasteiger partial charge in [-0.2, -0.15) is 13.2 Å². The molecule has 1 aromatic rings. The van der Waals surface area contributed by atoms with Crippen molar-refractivity contribution in [2.24, 2.45) is 0 Å². The van der Waals surface area contributed by atoms with Crippen molar-refractivity contribution in [1.82, 2.24) is 0 Å². The van der Waals surface area contributed by atoms with E-state index in [1.54, 1.807) is 0 Å². The highest BCUT2D eigenvalue weighted by Crippen LogP contribution is 2.32. The van der Waals surface area contributed by atoms with Crippen LogP contribution < -0.4 is 0 Å². The maximum atomic E-state index is 12.1. The minimum absolute atomic E-state index is 0.268. The molecular formula is C8H6BrF3O. The third-order valence-corrected chi connectivity index (χ3v) is 2.29. The van der Waals surface area contributed by atoms with Gasteiger partial charge in [0.15, 0.2) is 0 Å². The number of alkyl halides is 3. The van der Waals surface area contributed by atoms with Crippen molar-refractivity contribution in [3.63, 3.8) is 0 Å². The minimum Gasteiger partial charge on any atom is -0.392 e. The van der Waals surface area contributed by atoms with E-state index in [2.05, 4.69) is 15.9 Å². The molecule has 72 valence electrons. The predicted molar refractivity (Wildman–Crippen MR) is 45.1 cm³/mol. The normalized spacial score (nSPS) is 11.8. The molecular weight excluding hydrogens is 249 g/mol. The number of hydrogen-bond donors (Lipinski definition) is 1. The first-order valence-electron chi connectivity index (χ1n) is 3.41. The van der Waals surface area contributed by atoms with Crippen LogP contribution in [-0.4, -0.2) is 5.11 Å². The van der Waals surface area contributed by atoms with E-state index in [1.165, 1.54) is 6.07 Å². The molecule has 0 bridgehead atoms. The molecule has 0 aliphatic heterocycles. The summed E-state index contributed by atoms with van der Waals surface area (Å²) in [5.74, 6) is 0. The van der Waals surface area contributed by atoms with Gasteiger partial charge < -0.3 is 5.11 Å². The second-order valence-corrected chi connectivity index (χ2v) is 3.32. The van der Waals surface area contributed by atoms with Crippen LogP contribution >= 0.6 is 15.9 Å². The van der Waals surface area contributed by atoms with Gasteiger partial charge in [-0.05, 0) is 17.7 Å². The largest absolute Gasteiger partial charge is 0.416 e. The standard InChI is InChI=1S/C8H6BrF3O/c9-7-3-6(8(10,11)12)2-1-5(7)4-13/h1-3,13H,4H2. The molecule has 0 heterocycles. The smallest absolute Gasteiger partial charge is 0.392 e. The summed E-state index contributed by atoms with van der Waals surface area (Å²) in [6.45, 7) is -0.279. The number of aliphatic hydroxyl groups excluding tert-OH is 1. The van der Waals surface area contributed by atoms with Crippen LogP contribution in [0.4, 0.5) is 13.2 Å². The maximum Gasteiger partial charge on any atom is 0.416 e. The van der Waals surface area contributed by atoms with Crippen LogP contribution in [0.25, 0.3) is 0 Å². The Bertz CT molecular complexity index is 309. The van der Waals surface area contributed by atoms with Crippen LogP contribution in [0.1, 0.15) is 11.1 Å². The molecule has 0 aliphatic rings. The molecule has 0 fully saturated rings. The van der Waals surface area contributed by atoms with Crippen molar-refractivity contribution >= 4 is 15.9 Å². The fourth-order valence-corrected chi connectivity index (χ4v) is 1.36. The maximum absolute atomic E-state index is 12.1. The Morgan fingerprint density at radius 1 is 1.31 bits per heavy atom. The molecule has 1 N–H and O–H groups in total. The summed E-state index contributed by atoms with van der Waals surface area (Å²) in [5.41, 5.74) is -0.287. The summed E-state index contributed by atoms with van der Waals surface area (Å²) in [6.07, 6.45) is -4.34. The van der Waals surface area contributed by atoms with E-state index in [0.29, 0.717) is 5.56 Å². The molecule has 0 radical (unpaired) electrons. The lowest BCUT2D eigenvalue weighted by Gasteiger charge is -2.08. The molecule has 0 saturated heterocycles. The topological polar surface area (TPSA) is 20.2 Å². The van der Waals surface area contributed by atoms with Gasteiger partial charge in [-0.1, -0.05) is 22.0 Å². The fraction of sp³-hybridized carbons (Fsp3) is 0.250. The number of hydrogen-bond acceptors (Lipinski definition) is 1. The third-order valence-electron chi connectivity index (χ3n) is 1.55. The molecule has 0 aliphatic carbocycles. The predicted octanol–water partition coefficient (Wildman–Crippen LogP) is 2.96. The number of halogens is 4. The first-order valence-corrected chi connectivity index (χ1v) is 4.21. The van der Waals surface area contributed by atoms with Crippen molar-refractivity contribution < 1.29 is 18.3 Å². The first kappa shape index (κ1) is 10.5. The summed E-state index contributed by atoms with van der Waals surface area (Å²) in [5, 5.41) is 8.70. The Labute approximate surface area is 81.3 Å². The molecule has 0 amide bonds. The van der Waals surface area contributed by atoms with E-state index < -0.39 is 11.7 Å². The van der Waals surface area contributed by atoms with E-state index >= 15 is 0 Å². The average molecular weight is 255 g/mol. The fourth-order valence-electron chi connectivity index (χ4n) is 0.852. The van der Waals surface area contributed by atoms with Crippen LogP contribution in [0, 0.1) is 0 Å². The van der Waals surface area contributed by atoms with Gasteiger partial charge in [0.05, 0.1) is 12.2 Å². The zero-order valence-electron chi connectivity index (χ0n) is 6.40. The molecule has 0 unspecified atom stereocenters. The second-order valence-electron chi connectivity index (χ2n) is 2.46. The Morgan fingerprint density at radius 2 is 1.92 bits per heavy atom. The lowest BCUT2D eigenvalue weighted by Crippen LogP contribution is -2.05. The molecule has 1 nitrogen and oxygen atoms in total. The van der Waals surface area contributed by atoms with Crippen LogP contribution in [-0.2, 0) is 12.8 Å². The Kier molecular flexibility index (Phi) is 2.98. The first-order chi connectivity index (χ1) is 5.95. The number of rotatable bonds is 1. The van der Waals surface area contributed by atoms with E-state index in [9.17, 15) is 13.2 Å². The van der Waals surface area contributed by atoms with E-state index in [1.807, 2.05) is 0 Å². The zero-order valence-corrected chi connectivity index (χ0v) is 7.98. The quantitative estimate of drug-likeness (QED) is 0.817. The van der Waals surface area contributed by atoms with E-state index in [4.69, 9.17) is 5.11 Å². The van der Waals surface area contributed by atoms with Crippen LogP contribution in [0.3, 0.4) is 0 Å². The summed E-state index contributed by atoms with van der Waals surface area (Å²) >= 11 is 2.94. The van der Waals surface area contributed by atoms with Gasteiger partial charge in [0.2, 0.25) is 0 Å². The molecule has 5 heteroatoms. The molecule has 0 saturated carbocycles. The third kappa shape index (κ3) is 2.45. The van der Waals surface area contributed by atoms with Crippen LogP contribution in [0.5, 0.6) is 0 Å². The molecule has 13 heavy (non-hydrogen) atoms. The zero-order chi connectivity index (χ0) is 10.1. The highest BCUT2D eigenvalue weighted by Gasteiger charge is 2.30. The lowest BCUT2D eigenvalue weighted by atomic mass is 10.1. The molecule has 1 aromatic carbocycles. The Hall–Kier alpha value is -0.550. The molecule has 0 atom stereocenters. The Balaban J connectivity index is 3.10. The van der Waals surface area contributed by atoms with E-state index in [-0.39, 0.29) is 11.1 Å². The highest BCUT2D eigenvalue weighted by molar-refractivity contribution is 9.10. The van der Waals surface area contributed by atoms with Gasteiger partial charge >= 0.3 is 6.18 Å². The monoisotopic (exact) mass is 254 g/mol.